The van der Waals surface area contributed by atoms with Gasteiger partial charge in [-0.25, -0.2) is 0 Å². The second-order valence-electron chi connectivity index (χ2n) is 6.24. The van der Waals surface area contributed by atoms with Crippen molar-refractivity contribution in [1.29, 1.82) is 0 Å². The Morgan fingerprint density at radius 1 is 1.47 bits per heavy atom. The molecular formula is C16H29N3. The maximum Gasteiger partial charge on any atom is 0.0596 e. The highest BCUT2D eigenvalue weighted by Crippen LogP contribution is 2.34. The van der Waals surface area contributed by atoms with E-state index in [4.69, 9.17) is 0 Å². The molecule has 0 radical (unpaired) electrons. The molecule has 0 aliphatic heterocycles. The van der Waals surface area contributed by atoms with Gasteiger partial charge in [0.05, 0.1) is 5.69 Å². The highest BCUT2D eigenvalue weighted by molar-refractivity contribution is 5.11. The molecule has 0 amide bonds. The Kier molecular flexibility index (Phi) is 5.03. The van der Waals surface area contributed by atoms with Crippen LogP contribution in [-0.2, 0) is 13.5 Å². The zero-order valence-corrected chi connectivity index (χ0v) is 12.9. The van der Waals surface area contributed by atoms with Gasteiger partial charge in [0.15, 0.2) is 0 Å². The van der Waals surface area contributed by atoms with E-state index < -0.39 is 0 Å². The molecule has 3 nitrogen and oxygen atoms in total. The zero-order valence-electron chi connectivity index (χ0n) is 12.9. The van der Waals surface area contributed by atoms with Crippen LogP contribution >= 0.6 is 0 Å². The minimum Gasteiger partial charge on any atom is -0.313 e. The Morgan fingerprint density at radius 2 is 2.26 bits per heavy atom. The lowest BCUT2D eigenvalue weighted by atomic mass is 9.87. The van der Waals surface area contributed by atoms with Gasteiger partial charge in [0.25, 0.3) is 0 Å². The van der Waals surface area contributed by atoms with Crippen LogP contribution in [0.1, 0.15) is 50.9 Å². The number of aromatic nitrogens is 2. The third-order valence-corrected chi connectivity index (χ3v) is 4.63. The first-order valence-corrected chi connectivity index (χ1v) is 7.84. The van der Waals surface area contributed by atoms with Crippen LogP contribution in [0.5, 0.6) is 0 Å². The first kappa shape index (κ1) is 14.6. The fourth-order valence-corrected chi connectivity index (χ4v) is 3.56. The minimum atomic E-state index is 0.618. The maximum absolute atomic E-state index is 4.48. The van der Waals surface area contributed by atoms with Crippen molar-refractivity contribution in [2.75, 3.05) is 6.54 Å². The molecule has 3 unspecified atom stereocenters. The smallest absolute Gasteiger partial charge is 0.0596 e. The van der Waals surface area contributed by atoms with Gasteiger partial charge >= 0.3 is 0 Å². The quantitative estimate of drug-likeness (QED) is 0.855. The van der Waals surface area contributed by atoms with Crippen molar-refractivity contribution in [3.63, 3.8) is 0 Å². The molecule has 1 heterocycles. The van der Waals surface area contributed by atoms with E-state index in [1.54, 1.807) is 0 Å². The van der Waals surface area contributed by atoms with Crippen LogP contribution in [0.15, 0.2) is 6.07 Å². The Bertz CT molecular complexity index is 397. The van der Waals surface area contributed by atoms with E-state index in [1.165, 1.54) is 31.4 Å². The molecule has 3 heteroatoms. The molecule has 1 fully saturated rings. The predicted octanol–water partition coefficient (Wildman–Crippen LogP) is 3.08. The van der Waals surface area contributed by atoms with Gasteiger partial charge in [0, 0.05) is 25.2 Å². The monoisotopic (exact) mass is 263 g/mol. The van der Waals surface area contributed by atoms with Crippen molar-refractivity contribution in [3.05, 3.63) is 17.5 Å². The highest BCUT2D eigenvalue weighted by Gasteiger charge is 2.31. The largest absolute Gasteiger partial charge is 0.313 e. The van der Waals surface area contributed by atoms with E-state index in [9.17, 15) is 0 Å². The molecule has 3 atom stereocenters. The summed E-state index contributed by atoms with van der Waals surface area (Å²) in [5, 5.41) is 8.26. The first-order chi connectivity index (χ1) is 9.11. The predicted molar refractivity (Wildman–Crippen MR) is 80.2 cm³/mol. The molecule has 1 saturated carbocycles. The average Bonchev–Trinajstić information content (AvgIpc) is 2.91. The Morgan fingerprint density at radius 3 is 2.79 bits per heavy atom. The van der Waals surface area contributed by atoms with E-state index in [0.29, 0.717) is 6.04 Å². The van der Waals surface area contributed by atoms with Crippen LogP contribution in [-0.4, -0.2) is 22.4 Å². The van der Waals surface area contributed by atoms with Crippen LogP contribution in [0.25, 0.3) is 0 Å². The molecule has 1 aromatic rings. The van der Waals surface area contributed by atoms with Crippen molar-refractivity contribution in [2.24, 2.45) is 18.9 Å². The summed E-state index contributed by atoms with van der Waals surface area (Å²) in [5.74, 6) is 1.70. The SMILES string of the molecule is CCCNC(Cc1cc(C)nn1C)C1CCCC1C. The Hall–Kier alpha value is -0.830. The van der Waals surface area contributed by atoms with Gasteiger partial charge < -0.3 is 5.32 Å². The summed E-state index contributed by atoms with van der Waals surface area (Å²) >= 11 is 0. The number of nitrogens with zero attached hydrogens (tertiary/aromatic N) is 2. The van der Waals surface area contributed by atoms with Crippen LogP contribution in [0.2, 0.25) is 0 Å². The van der Waals surface area contributed by atoms with Crippen LogP contribution in [0.4, 0.5) is 0 Å². The van der Waals surface area contributed by atoms with Crippen molar-refractivity contribution in [2.45, 2.75) is 58.9 Å². The second-order valence-corrected chi connectivity index (χ2v) is 6.24. The Balaban J connectivity index is 2.06. The highest BCUT2D eigenvalue weighted by atomic mass is 15.3. The molecule has 0 spiro atoms. The van der Waals surface area contributed by atoms with E-state index in [2.05, 4.69) is 49.0 Å². The zero-order chi connectivity index (χ0) is 13.8. The molecule has 0 bridgehead atoms. The molecule has 1 aliphatic rings. The van der Waals surface area contributed by atoms with Gasteiger partial charge in [-0.05, 0) is 44.2 Å². The van der Waals surface area contributed by atoms with Crippen molar-refractivity contribution in [1.82, 2.24) is 15.1 Å². The normalized spacial score (nSPS) is 24.8. The summed E-state index contributed by atoms with van der Waals surface area (Å²) in [6.45, 7) is 7.88. The lowest BCUT2D eigenvalue weighted by molar-refractivity contribution is 0.292. The fraction of sp³-hybridized carbons (Fsp3) is 0.812. The molecule has 0 aromatic carbocycles. The van der Waals surface area contributed by atoms with Crippen LogP contribution in [0.3, 0.4) is 0 Å². The summed E-state index contributed by atoms with van der Waals surface area (Å²) in [6.07, 6.45) is 6.52. The third-order valence-electron chi connectivity index (χ3n) is 4.63. The maximum atomic E-state index is 4.48. The lowest BCUT2D eigenvalue weighted by Gasteiger charge is -2.28. The van der Waals surface area contributed by atoms with Crippen molar-refractivity contribution < 1.29 is 0 Å². The standard InChI is InChI=1S/C16H29N3/c1-5-9-17-16(15-8-6-7-12(15)2)11-14-10-13(3)18-19(14)4/h10,12,15-17H,5-9,11H2,1-4H3. The summed E-state index contributed by atoms with van der Waals surface area (Å²) in [7, 11) is 2.07. The number of nitrogens with one attached hydrogen (secondary N) is 1. The topological polar surface area (TPSA) is 29.9 Å². The van der Waals surface area contributed by atoms with Crippen LogP contribution < -0.4 is 5.32 Å². The van der Waals surface area contributed by atoms with Crippen molar-refractivity contribution in [3.8, 4) is 0 Å². The summed E-state index contributed by atoms with van der Waals surface area (Å²) in [4.78, 5) is 0. The molecule has 1 N–H and O–H groups in total. The van der Waals surface area contributed by atoms with Gasteiger partial charge in [-0.2, -0.15) is 5.10 Å². The molecule has 1 aromatic heterocycles. The molecule has 19 heavy (non-hydrogen) atoms. The van der Waals surface area contributed by atoms with Crippen LogP contribution in [0, 0.1) is 18.8 Å². The Labute approximate surface area is 117 Å². The van der Waals surface area contributed by atoms with E-state index in [1.807, 2.05) is 0 Å². The van der Waals surface area contributed by atoms with Gasteiger partial charge in [0.1, 0.15) is 0 Å². The average molecular weight is 263 g/mol. The van der Waals surface area contributed by atoms with Gasteiger partial charge in [-0.15, -0.1) is 0 Å². The van der Waals surface area contributed by atoms with E-state index >= 15 is 0 Å². The lowest BCUT2D eigenvalue weighted by Crippen LogP contribution is -2.40. The molecule has 108 valence electrons. The molecule has 1 aliphatic carbocycles. The molecule has 0 saturated heterocycles. The molecule has 2 rings (SSSR count). The van der Waals surface area contributed by atoms with Gasteiger partial charge in [-0.3, -0.25) is 4.68 Å². The van der Waals surface area contributed by atoms with E-state index in [-0.39, 0.29) is 0 Å². The van der Waals surface area contributed by atoms with E-state index in [0.717, 1.165) is 30.5 Å². The van der Waals surface area contributed by atoms with Gasteiger partial charge in [0.2, 0.25) is 0 Å². The van der Waals surface area contributed by atoms with Gasteiger partial charge in [-0.1, -0.05) is 26.7 Å². The van der Waals surface area contributed by atoms with Crippen molar-refractivity contribution >= 4 is 0 Å². The minimum absolute atomic E-state index is 0.618. The number of hydrogen-bond acceptors (Lipinski definition) is 2. The fourth-order valence-electron chi connectivity index (χ4n) is 3.56. The number of rotatable bonds is 6. The second kappa shape index (κ2) is 6.56. The first-order valence-electron chi connectivity index (χ1n) is 7.84. The number of hydrogen-bond donors (Lipinski definition) is 1. The third kappa shape index (κ3) is 3.59. The number of aryl methyl sites for hydroxylation is 2. The summed E-state index contributed by atoms with van der Waals surface area (Å²) in [5.41, 5.74) is 2.50. The summed E-state index contributed by atoms with van der Waals surface area (Å²) < 4.78 is 2.05. The molecular weight excluding hydrogens is 234 g/mol. The summed E-state index contributed by atoms with van der Waals surface area (Å²) in [6, 6.07) is 2.85.